The minimum absolute atomic E-state index is 0.446. The Bertz CT molecular complexity index is 126. The molecule has 0 atom stereocenters. The van der Waals surface area contributed by atoms with E-state index in [1.165, 1.54) is 5.54 Å². The van der Waals surface area contributed by atoms with Crippen LogP contribution < -0.4 is 0 Å². The van der Waals surface area contributed by atoms with Crippen molar-refractivity contribution in [1.82, 2.24) is 4.90 Å². The van der Waals surface area contributed by atoms with Crippen LogP contribution in [0.4, 0.5) is 0 Å². The summed E-state index contributed by atoms with van der Waals surface area (Å²) < 4.78 is 0. The monoisotopic (exact) mass is 144 g/mol. The third kappa shape index (κ3) is 5.35. The number of nitriles is 1. The number of halogens is 1. The number of rotatable bonds is 3. The van der Waals surface area contributed by atoms with Crippen molar-refractivity contribution in [2.24, 2.45) is 0 Å². The van der Waals surface area contributed by atoms with Gasteiger partial charge in [-0.1, -0.05) is 17.7 Å². The number of hydrogen-bond acceptors (Lipinski definition) is 2. The maximum Gasteiger partial charge on any atom is 0.0866 e. The Kier molecular flexibility index (Phi) is 5.29. The maximum absolute atomic E-state index is 8.19. The van der Waals surface area contributed by atoms with Gasteiger partial charge in [-0.2, -0.15) is 5.26 Å². The molecule has 0 fully saturated rings. The molecule has 3 heteroatoms. The molecule has 0 aromatic heterocycles. The number of nitrogens with zero attached hydrogens (tertiary/aromatic N) is 2. The van der Waals surface area contributed by atoms with E-state index in [9.17, 15) is 0 Å². The Labute approximate surface area is 60.3 Å². The molecular weight excluding hydrogens is 136 g/mol. The summed E-state index contributed by atoms with van der Waals surface area (Å²) in [6.45, 7) is 1.18. The van der Waals surface area contributed by atoms with Crippen molar-refractivity contribution in [1.29, 1.82) is 5.26 Å². The predicted molar refractivity (Wildman–Crippen MR) is 38.1 cm³/mol. The zero-order valence-corrected chi connectivity index (χ0v) is 6.10. The normalized spacial score (nSPS) is 10.4. The lowest BCUT2D eigenvalue weighted by Crippen LogP contribution is -2.17. The van der Waals surface area contributed by atoms with Crippen LogP contribution in [-0.4, -0.2) is 25.0 Å². The number of likely N-dealkylation sites (N-methyl/N-ethyl adjacent to an activating group) is 1. The van der Waals surface area contributed by atoms with Gasteiger partial charge in [0.1, 0.15) is 0 Å². The van der Waals surface area contributed by atoms with E-state index < -0.39 is 0 Å². The van der Waals surface area contributed by atoms with Gasteiger partial charge < -0.3 is 0 Å². The summed E-state index contributed by atoms with van der Waals surface area (Å²) in [5.74, 6) is 0. The van der Waals surface area contributed by atoms with Crippen molar-refractivity contribution in [3.05, 3.63) is 11.6 Å². The van der Waals surface area contributed by atoms with Gasteiger partial charge in [0.15, 0.2) is 0 Å². The lowest BCUT2D eigenvalue weighted by Gasteiger charge is -2.06. The molecule has 0 unspecified atom stereocenters. The molecule has 0 saturated heterocycles. The molecule has 0 aromatic carbocycles. The van der Waals surface area contributed by atoms with E-state index in [4.69, 9.17) is 16.9 Å². The van der Waals surface area contributed by atoms with Gasteiger partial charge in [-0.25, -0.2) is 0 Å². The molecule has 0 aliphatic carbocycles. The second-order valence-corrected chi connectivity index (χ2v) is 1.97. The minimum atomic E-state index is 0.446. The zero-order valence-electron chi connectivity index (χ0n) is 5.34. The van der Waals surface area contributed by atoms with Crippen LogP contribution in [0.2, 0.25) is 0 Å². The summed E-state index contributed by atoms with van der Waals surface area (Å²) in [6, 6.07) is 2.03. The van der Waals surface area contributed by atoms with Crippen LogP contribution in [0.1, 0.15) is 0 Å². The highest BCUT2D eigenvalue weighted by atomic mass is 35.5. The molecule has 50 valence electrons. The van der Waals surface area contributed by atoms with Crippen LogP contribution in [0.25, 0.3) is 0 Å². The second-order valence-electron chi connectivity index (χ2n) is 1.72. The van der Waals surface area contributed by atoms with E-state index in [0.29, 0.717) is 6.54 Å². The van der Waals surface area contributed by atoms with E-state index in [1.807, 2.05) is 18.0 Å². The molecule has 9 heavy (non-hydrogen) atoms. The minimum Gasteiger partial charge on any atom is -0.290 e. The first-order valence-corrected chi connectivity index (χ1v) is 3.05. The highest BCUT2D eigenvalue weighted by Gasteiger charge is 1.89. The first kappa shape index (κ1) is 8.48. The van der Waals surface area contributed by atoms with Gasteiger partial charge in [-0.05, 0) is 7.05 Å². The van der Waals surface area contributed by atoms with Gasteiger partial charge in [-0.3, -0.25) is 4.90 Å². The highest BCUT2D eigenvalue weighted by Crippen LogP contribution is 1.83. The molecule has 0 aliphatic rings. The van der Waals surface area contributed by atoms with Crippen molar-refractivity contribution >= 4 is 11.6 Å². The van der Waals surface area contributed by atoms with Crippen molar-refractivity contribution in [2.45, 2.75) is 0 Å². The average molecular weight is 145 g/mol. The van der Waals surface area contributed by atoms with Gasteiger partial charge in [0.05, 0.1) is 12.6 Å². The lowest BCUT2D eigenvalue weighted by atomic mass is 10.5. The molecule has 0 bridgehead atoms. The van der Waals surface area contributed by atoms with Crippen molar-refractivity contribution in [2.75, 3.05) is 20.1 Å². The summed E-state index contributed by atoms with van der Waals surface area (Å²) in [5, 5.41) is 8.19. The molecule has 2 nitrogen and oxygen atoms in total. The SMILES string of the molecule is CN(CC#N)C/C=C/Cl. The van der Waals surface area contributed by atoms with Gasteiger partial charge in [-0.15, -0.1) is 0 Å². The average Bonchev–Trinajstić information content (AvgIpc) is 1.85. The summed E-state index contributed by atoms with van der Waals surface area (Å²) in [6.07, 6.45) is 1.79. The van der Waals surface area contributed by atoms with Gasteiger partial charge in [0.2, 0.25) is 0 Å². The highest BCUT2D eigenvalue weighted by molar-refractivity contribution is 6.25. The maximum atomic E-state index is 8.19. The van der Waals surface area contributed by atoms with E-state index in [0.717, 1.165) is 6.54 Å². The molecule has 0 rings (SSSR count). The summed E-state index contributed by atoms with van der Waals surface area (Å²) in [5.41, 5.74) is 1.45. The second kappa shape index (κ2) is 5.61. The molecule has 0 aliphatic heterocycles. The van der Waals surface area contributed by atoms with Crippen LogP contribution >= 0.6 is 11.6 Å². The van der Waals surface area contributed by atoms with E-state index in [-0.39, 0.29) is 0 Å². The Morgan fingerprint density at radius 2 is 2.44 bits per heavy atom. The van der Waals surface area contributed by atoms with E-state index in [2.05, 4.69) is 0 Å². The van der Waals surface area contributed by atoms with Gasteiger partial charge in [0.25, 0.3) is 0 Å². The van der Waals surface area contributed by atoms with Gasteiger partial charge >= 0.3 is 0 Å². The van der Waals surface area contributed by atoms with E-state index >= 15 is 0 Å². The lowest BCUT2D eigenvalue weighted by molar-refractivity contribution is 0.417. The largest absolute Gasteiger partial charge is 0.290 e. The molecule has 0 spiro atoms. The topological polar surface area (TPSA) is 27.0 Å². The molecular formula is C6H9ClN2. The van der Waals surface area contributed by atoms with Crippen LogP contribution in [0.5, 0.6) is 0 Å². The predicted octanol–water partition coefficient (Wildman–Crippen LogP) is 1.19. The number of hydrogen-bond donors (Lipinski definition) is 0. The molecule has 0 radical (unpaired) electrons. The summed E-state index contributed by atoms with van der Waals surface area (Å²) >= 11 is 5.26. The molecule has 0 amide bonds. The quantitative estimate of drug-likeness (QED) is 0.557. The standard InChI is InChI=1S/C6H9ClN2/c1-9(6-4-8)5-2-3-7/h2-3H,5-6H2,1H3/b3-2+. The van der Waals surface area contributed by atoms with Gasteiger partial charge in [0, 0.05) is 12.1 Å². The molecule has 0 aromatic rings. The van der Waals surface area contributed by atoms with Crippen LogP contribution in [0.15, 0.2) is 11.6 Å². The smallest absolute Gasteiger partial charge is 0.0866 e. The fraction of sp³-hybridized carbons (Fsp3) is 0.500. The fourth-order valence-corrected chi connectivity index (χ4v) is 0.485. The Morgan fingerprint density at radius 3 is 2.89 bits per heavy atom. The fourth-order valence-electron chi connectivity index (χ4n) is 0.405. The van der Waals surface area contributed by atoms with Crippen molar-refractivity contribution in [3.8, 4) is 6.07 Å². The van der Waals surface area contributed by atoms with Crippen LogP contribution in [0, 0.1) is 11.3 Å². The first-order chi connectivity index (χ1) is 4.31. The Morgan fingerprint density at radius 1 is 1.78 bits per heavy atom. The van der Waals surface area contributed by atoms with Crippen LogP contribution in [-0.2, 0) is 0 Å². The Balaban J connectivity index is 3.29. The van der Waals surface area contributed by atoms with Crippen molar-refractivity contribution in [3.63, 3.8) is 0 Å². The zero-order chi connectivity index (χ0) is 7.11. The Hall–Kier alpha value is -0.520. The van der Waals surface area contributed by atoms with Crippen LogP contribution in [0.3, 0.4) is 0 Å². The molecule has 0 heterocycles. The first-order valence-electron chi connectivity index (χ1n) is 2.62. The van der Waals surface area contributed by atoms with Crippen molar-refractivity contribution < 1.29 is 0 Å². The summed E-state index contributed by atoms with van der Waals surface area (Å²) in [7, 11) is 1.86. The third-order valence-electron chi connectivity index (χ3n) is 0.847. The molecule has 0 saturated carbocycles. The van der Waals surface area contributed by atoms with E-state index in [1.54, 1.807) is 6.08 Å². The summed E-state index contributed by atoms with van der Waals surface area (Å²) in [4.78, 5) is 1.86. The third-order valence-corrected chi connectivity index (χ3v) is 1.02. The molecule has 0 N–H and O–H groups in total.